The first-order valence-electron chi connectivity index (χ1n) is 5.07. The number of rotatable bonds is 5. The third-order valence-electron chi connectivity index (χ3n) is 2.16. The molecule has 0 aromatic carbocycles. The van der Waals surface area contributed by atoms with Crippen LogP contribution in [-0.4, -0.2) is 31.7 Å². The standard InChI is InChI=1S/C10H16ClNO2S2/c1-4-9-5-6-10(15-9)16(13,14)12(3)7-8(2)11/h5-6,8H,4,7H2,1-3H3. The summed E-state index contributed by atoms with van der Waals surface area (Å²) >= 11 is 7.12. The van der Waals surface area contributed by atoms with Crippen molar-refractivity contribution in [2.75, 3.05) is 13.6 Å². The molecule has 0 amide bonds. The Morgan fingerprint density at radius 2 is 2.12 bits per heavy atom. The van der Waals surface area contributed by atoms with Gasteiger partial charge in [0.15, 0.2) is 0 Å². The molecule has 0 spiro atoms. The number of nitrogens with zero attached hydrogens (tertiary/aromatic N) is 1. The monoisotopic (exact) mass is 281 g/mol. The summed E-state index contributed by atoms with van der Waals surface area (Å²) in [6.07, 6.45) is 0.857. The highest BCUT2D eigenvalue weighted by molar-refractivity contribution is 7.91. The average Bonchev–Trinajstić information content (AvgIpc) is 2.65. The first kappa shape index (κ1) is 14.0. The van der Waals surface area contributed by atoms with Gasteiger partial charge in [-0.3, -0.25) is 0 Å². The second kappa shape index (κ2) is 5.49. The highest BCUT2D eigenvalue weighted by atomic mass is 35.5. The molecule has 0 fully saturated rings. The van der Waals surface area contributed by atoms with Gasteiger partial charge in [-0.05, 0) is 25.5 Å². The minimum Gasteiger partial charge on any atom is -0.206 e. The summed E-state index contributed by atoms with van der Waals surface area (Å²) in [5, 5.41) is -0.189. The van der Waals surface area contributed by atoms with E-state index in [4.69, 9.17) is 11.6 Å². The maximum absolute atomic E-state index is 12.1. The van der Waals surface area contributed by atoms with Gasteiger partial charge < -0.3 is 0 Å². The van der Waals surface area contributed by atoms with Gasteiger partial charge in [0, 0.05) is 23.8 Å². The molecule has 0 saturated carbocycles. The van der Waals surface area contributed by atoms with Crippen molar-refractivity contribution in [1.82, 2.24) is 4.31 Å². The van der Waals surface area contributed by atoms with E-state index in [0.29, 0.717) is 10.8 Å². The van der Waals surface area contributed by atoms with Crippen LogP contribution in [0, 0.1) is 0 Å². The van der Waals surface area contributed by atoms with E-state index >= 15 is 0 Å². The molecule has 92 valence electrons. The third-order valence-corrected chi connectivity index (χ3v) is 5.82. The van der Waals surface area contributed by atoms with Crippen LogP contribution in [0.15, 0.2) is 16.3 Å². The van der Waals surface area contributed by atoms with Crippen LogP contribution in [0.5, 0.6) is 0 Å². The van der Waals surface area contributed by atoms with E-state index in [0.717, 1.165) is 11.3 Å². The molecule has 0 bridgehead atoms. The van der Waals surface area contributed by atoms with Crippen LogP contribution < -0.4 is 0 Å². The van der Waals surface area contributed by atoms with Crippen molar-refractivity contribution < 1.29 is 8.42 Å². The molecule has 0 saturated heterocycles. The van der Waals surface area contributed by atoms with Crippen LogP contribution in [0.2, 0.25) is 0 Å². The van der Waals surface area contributed by atoms with Crippen molar-refractivity contribution in [3.05, 3.63) is 17.0 Å². The lowest BCUT2D eigenvalue weighted by molar-refractivity contribution is 0.472. The highest BCUT2D eigenvalue weighted by Crippen LogP contribution is 2.24. The largest absolute Gasteiger partial charge is 0.252 e. The second-order valence-electron chi connectivity index (χ2n) is 3.64. The van der Waals surface area contributed by atoms with Gasteiger partial charge in [-0.1, -0.05) is 6.92 Å². The van der Waals surface area contributed by atoms with E-state index in [-0.39, 0.29) is 5.38 Å². The summed E-state index contributed by atoms with van der Waals surface area (Å²) in [5.41, 5.74) is 0. The first-order chi connectivity index (χ1) is 7.37. The molecule has 6 heteroatoms. The van der Waals surface area contributed by atoms with Crippen LogP contribution in [0.1, 0.15) is 18.7 Å². The Hall–Kier alpha value is -0.100. The Labute approximate surface area is 106 Å². The van der Waals surface area contributed by atoms with Gasteiger partial charge in [-0.15, -0.1) is 22.9 Å². The van der Waals surface area contributed by atoms with E-state index in [1.165, 1.54) is 15.6 Å². The van der Waals surface area contributed by atoms with E-state index in [9.17, 15) is 8.42 Å². The second-order valence-corrected chi connectivity index (χ2v) is 7.83. The molecule has 1 atom stereocenters. The summed E-state index contributed by atoms with van der Waals surface area (Å²) in [6, 6.07) is 3.52. The molecule has 1 unspecified atom stereocenters. The van der Waals surface area contributed by atoms with Crippen molar-refractivity contribution >= 4 is 33.0 Å². The lowest BCUT2D eigenvalue weighted by Gasteiger charge is -2.16. The smallest absolute Gasteiger partial charge is 0.206 e. The van der Waals surface area contributed by atoms with Crippen molar-refractivity contribution in [3.63, 3.8) is 0 Å². The molecular weight excluding hydrogens is 266 g/mol. The maximum Gasteiger partial charge on any atom is 0.252 e. The van der Waals surface area contributed by atoms with E-state index in [2.05, 4.69) is 0 Å². The zero-order valence-electron chi connectivity index (χ0n) is 9.60. The fourth-order valence-electron chi connectivity index (χ4n) is 1.29. The fraction of sp³-hybridized carbons (Fsp3) is 0.600. The first-order valence-corrected chi connectivity index (χ1v) is 7.76. The van der Waals surface area contributed by atoms with Crippen molar-refractivity contribution in [3.8, 4) is 0 Å². The molecule has 1 heterocycles. The van der Waals surface area contributed by atoms with Crippen LogP contribution >= 0.6 is 22.9 Å². The summed E-state index contributed by atoms with van der Waals surface area (Å²) in [6.45, 7) is 4.11. The normalized spacial score (nSPS) is 14.3. The molecular formula is C10H16ClNO2S2. The Morgan fingerprint density at radius 1 is 1.50 bits per heavy atom. The molecule has 0 aliphatic rings. The molecule has 0 N–H and O–H groups in total. The van der Waals surface area contributed by atoms with E-state index in [1.807, 2.05) is 13.0 Å². The number of alkyl halides is 1. The molecule has 1 aromatic heterocycles. The predicted octanol–water partition coefficient (Wildman–Crippen LogP) is 2.56. The molecule has 0 aliphatic heterocycles. The zero-order valence-corrected chi connectivity index (χ0v) is 12.0. The lowest BCUT2D eigenvalue weighted by Crippen LogP contribution is -2.30. The number of sulfonamides is 1. The summed E-state index contributed by atoms with van der Waals surface area (Å²) in [4.78, 5) is 1.07. The molecule has 0 aliphatic carbocycles. The number of hydrogen-bond donors (Lipinski definition) is 0. The fourth-order valence-corrected chi connectivity index (χ4v) is 4.35. The van der Waals surface area contributed by atoms with Gasteiger partial charge in [0.25, 0.3) is 10.0 Å². The van der Waals surface area contributed by atoms with E-state index in [1.54, 1.807) is 20.0 Å². The quantitative estimate of drug-likeness (QED) is 0.778. The highest BCUT2D eigenvalue weighted by Gasteiger charge is 2.23. The number of hydrogen-bond acceptors (Lipinski definition) is 3. The van der Waals surface area contributed by atoms with Gasteiger partial charge >= 0.3 is 0 Å². The van der Waals surface area contributed by atoms with Gasteiger partial charge in [0.1, 0.15) is 4.21 Å². The van der Waals surface area contributed by atoms with Crippen molar-refractivity contribution in [2.45, 2.75) is 29.9 Å². The van der Waals surface area contributed by atoms with Crippen LogP contribution in [0.25, 0.3) is 0 Å². The SMILES string of the molecule is CCc1ccc(S(=O)(=O)N(C)CC(C)Cl)s1. The van der Waals surface area contributed by atoms with Crippen LogP contribution in [-0.2, 0) is 16.4 Å². The van der Waals surface area contributed by atoms with Gasteiger partial charge in [0.05, 0.1) is 0 Å². The lowest BCUT2D eigenvalue weighted by atomic mass is 10.4. The molecule has 16 heavy (non-hydrogen) atoms. The minimum absolute atomic E-state index is 0.189. The summed E-state index contributed by atoms with van der Waals surface area (Å²) < 4.78 is 25.8. The van der Waals surface area contributed by atoms with Crippen molar-refractivity contribution in [2.24, 2.45) is 0 Å². The summed E-state index contributed by atoms with van der Waals surface area (Å²) in [5.74, 6) is 0. The number of thiophene rings is 1. The van der Waals surface area contributed by atoms with E-state index < -0.39 is 10.0 Å². The average molecular weight is 282 g/mol. The van der Waals surface area contributed by atoms with Crippen LogP contribution in [0.3, 0.4) is 0 Å². The molecule has 1 aromatic rings. The Balaban J connectivity index is 2.92. The Morgan fingerprint density at radius 3 is 2.56 bits per heavy atom. The number of halogens is 1. The maximum atomic E-state index is 12.1. The van der Waals surface area contributed by atoms with Crippen LogP contribution in [0.4, 0.5) is 0 Å². The zero-order chi connectivity index (χ0) is 12.3. The number of aryl methyl sites for hydroxylation is 1. The Kier molecular flexibility index (Phi) is 4.79. The third kappa shape index (κ3) is 3.20. The topological polar surface area (TPSA) is 37.4 Å². The molecule has 0 radical (unpaired) electrons. The minimum atomic E-state index is -3.36. The summed E-state index contributed by atoms with van der Waals surface area (Å²) in [7, 11) is -1.80. The molecule has 1 rings (SSSR count). The van der Waals surface area contributed by atoms with Gasteiger partial charge in [0.2, 0.25) is 0 Å². The molecule has 3 nitrogen and oxygen atoms in total. The van der Waals surface area contributed by atoms with Gasteiger partial charge in [-0.25, -0.2) is 8.42 Å². The van der Waals surface area contributed by atoms with Crippen molar-refractivity contribution in [1.29, 1.82) is 0 Å². The predicted molar refractivity (Wildman–Crippen MR) is 68.8 cm³/mol. The Bertz CT molecular complexity index is 439. The van der Waals surface area contributed by atoms with Gasteiger partial charge in [-0.2, -0.15) is 4.31 Å².